The lowest BCUT2D eigenvalue weighted by molar-refractivity contribution is 0.0693. The van der Waals surface area contributed by atoms with E-state index in [2.05, 4.69) is 17.0 Å². The van der Waals surface area contributed by atoms with E-state index in [0.717, 1.165) is 25.1 Å². The number of benzene rings is 2. The first-order valence-electron chi connectivity index (χ1n) is 6.84. The molecule has 4 heteroatoms. The Labute approximate surface area is 130 Å². The summed E-state index contributed by atoms with van der Waals surface area (Å²) in [6, 6.07) is 15.9. The van der Waals surface area contributed by atoms with Crippen molar-refractivity contribution in [3.05, 3.63) is 70.8 Å². The maximum Gasteiger partial charge on any atom is 0.336 e. The summed E-state index contributed by atoms with van der Waals surface area (Å²) in [4.78, 5) is 13.6. The summed E-state index contributed by atoms with van der Waals surface area (Å²) >= 11 is 0. The highest BCUT2D eigenvalue weighted by atomic mass is 35.5. The van der Waals surface area contributed by atoms with E-state index < -0.39 is 5.97 Å². The number of rotatable bonds is 3. The monoisotopic (exact) mass is 303 g/mol. The van der Waals surface area contributed by atoms with Crippen LogP contribution in [0, 0.1) is 0 Å². The summed E-state index contributed by atoms with van der Waals surface area (Å²) in [5.74, 6) is -0.830. The maximum atomic E-state index is 11.3. The second-order valence-electron chi connectivity index (χ2n) is 5.19. The Hall–Kier alpha value is -1.84. The van der Waals surface area contributed by atoms with Crippen LogP contribution in [0.3, 0.4) is 0 Å². The number of nitrogens with zero attached hydrogens (tertiary/aromatic N) is 1. The molecule has 0 aliphatic carbocycles. The number of fused-ring (bicyclic) bond motifs is 1. The van der Waals surface area contributed by atoms with Crippen molar-refractivity contribution in [2.75, 3.05) is 6.54 Å². The molecule has 1 aliphatic rings. The van der Waals surface area contributed by atoms with Gasteiger partial charge >= 0.3 is 5.97 Å². The molecule has 3 rings (SSSR count). The van der Waals surface area contributed by atoms with Gasteiger partial charge in [0.1, 0.15) is 0 Å². The third-order valence-electron chi connectivity index (χ3n) is 3.83. The standard InChI is InChI=1S/C17H17NO2.ClH/c19-17(20)15-8-4-7-14-9-10-18(12-16(14)15)11-13-5-2-1-3-6-13;/h1-8H,9-12H2,(H,19,20);1H. The van der Waals surface area contributed by atoms with Gasteiger partial charge in [-0.05, 0) is 29.2 Å². The van der Waals surface area contributed by atoms with Crippen molar-refractivity contribution < 1.29 is 9.90 Å². The fourth-order valence-electron chi connectivity index (χ4n) is 2.81. The van der Waals surface area contributed by atoms with Gasteiger partial charge in [0, 0.05) is 19.6 Å². The second-order valence-corrected chi connectivity index (χ2v) is 5.19. The van der Waals surface area contributed by atoms with Crippen molar-refractivity contribution in [1.82, 2.24) is 4.90 Å². The number of hydrogen-bond acceptors (Lipinski definition) is 2. The lowest BCUT2D eigenvalue weighted by Gasteiger charge is -2.29. The van der Waals surface area contributed by atoms with Crippen molar-refractivity contribution in [3.8, 4) is 0 Å². The van der Waals surface area contributed by atoms with Crippen LogP contribution in [0.5, 0.6) is 0 Å². The molecule has 0 saturated carbocycles. The molecule has 1 N–H and O–H groups in total. The summed E-state index contributed by atoms with van der Waals surface area (Å²) in [7, 11) is 0. The van der Waals surface area contributed by atoms with E-state index >= 15 is 0 Å². The van der Waals surface area contributed by atoms with E-state index in [4.69, 9.17) is 0 Å². The van der Waals surface area contributed by atoms with E-state index in [1.165, 1.54) is 11.1 Å². The molecule has 0 fully saturated rings. The lowest BCUT2D eigenvalue weighted by atomic mass is 9.94. The normalized spacial score (nSPS) is 14.1. The Kier molecular flexibility index (Phi) is 4.99. The smallest absolute Gasteiger partial charge is 0.336 e. The third-order valence-corrected chi connectivity index (χ3v) is 3.83. The van der Waals surface area contributed by atoms with Crippen LogP contribution in [0.1, 0.15) is 27.0 Å². The predicted molar refractivity (Wildman–Crippen MR) is 84.9 cm³/mol. The molecule has 1 heterocycles. The number of hydrogen-bond donors (Lipinski definition) is 1. The van der Waals surface area contributed by atoms with Crippen LogP contribution >= 0.6 is 12.4 Å². The van der Waals surface area contributed by atoms with Gasteiger partial charge in [0.15, 0.2) is 0 Å². The van der Waals surface area contributed by atoms with Crippen LogP contribution < -0.4 is 0 Å². The molecule has 1 aliphatic heterocycles. The number of carbonyl (C=O) groups is 1. The van der Waals surface area contributed by atoms with Gasteiger partial charge in [-0.3, -0.25) is 4.90 Å². The van der Waals surface area contributed by atoms with Crippen LogP contribution in [-0.2, 0) is 19.5 Å². The number of carboxylic acids is 1. The number of carboxylic acid groups (broad SMARTS) is 1. The van der Waals surface area contributed by atoms with Crippen LogP contribution in [0.4, 0.5) is 0 Å². The quantitative estimate of drug-likeness (QED) is 0.945. The van der Waals surface area contributed by atoms with Gasteiger partial charge in [0.05, 0.1) is 5.56 Å². The molecule has 0 atom stereocenters. The Balaban J connectivity index is 0.00000161. The average molecular weight is 304 g/mol. The minimum absolute atomic E-state index is 0. The van der Waals surface area contributed by atoms with Crippen molar-refractivity contribution in [1.29, 1.82) is 0 Å². The maximum absolute atomic E-state index is 11.3. The Bertz CT molecular complexity index is 628. The molecule has 0 spiro atoms. The van der Waals surface area contributed by atoms with Gasteiger partial charge in [-0.15, -0.1) is 12.4 Å². The average Bonchev–Trinajstić information content (AvgIpc) is 2.47. The van der Waals surface area contributed by atoms with Crippen LogP contribution in [-0.4, -0.2) is 22.5 Å². The molecule has 0 aromatic heterocycles. The van der Waals surface area contributed by atoms with Gasteiger partial charge in [-0.25, -0.2) is 4.79 Å². The van der Waals surface area contributed by atoms with E-state index in [1.807, 2.05) is 30.3 Å². The first-order valence-corrected chi connectivity index (χ1v) is 6.84. The highest BCUT2D eigenvalue weighted by Crippen LogP contribution is 2.24. The molecule has 2 aromatic rings. The zero-order chi connectivity index (χ0) is 13.9. The molecule has 0 saturated heterocycles. The lowest BCUT2D eigenvalue weighted by Crippen LogP contribution is -2.31. The van der Waals surface area contributed by atoms with E-state index in [9.17, 15) is 9.90 Å². The molecule has 0 radical (unpaired) electrons. The summed E-state index contributed by atoms with van der Waals surface area (Å²) in [6.45, 7) is 2.56. The number of halogens is 1. The highest BCUT2D eigenvalue weighted by molar-refractivity contribution is 5.89. The number of aromatic carboxylic acids is 1. The van der Waals surface area contributed by atoms with Crippen molar-refractivity contribution in [2.45, 2.75) is 19.5 Å². The molecule has 0 unspecified atom stereocenters. The third kappa shape index (κ3) is 3.43. The largest absolute Gasteiger partial charge is 0.478 e. The predicted octanol–water partition coefficient (Wildman–Crippen LogP) is 3.36. The first-order chi connectivity index (χ1) is 9.74. The fourth-order valence-corrected chi connectivity index (χ4v) is 2.81. The molecule has 0 bridgehead atoms. The topological polar surface area (TPSA) is 40.5 Å². The fraction of sp³-hybridized carbons (Fsp3) is 0.235. The molecular weight excluding hydrogens is 286 g/mol. The first kappa shape index (κ1) is 15.5. The minimum atomic E-state index is -0.830. The van der Waals surface area contributed by atoms with Crippen LogP contribution in [0.2, 0.25) is 0 Å². The van der Waals surface area contributed by atoms with Crippen LogP contribution in [0.25, 0.3) is 0 Å². The Morgan fingerprint density at radius 2 is 1.86 bits per heavy atom. The molecule has 110 valence electrons. The molecule has 0 amide bonds. The Morgan fingerprint density at radius 1 is 1.10 bits per heavy atom. The van der Waals surface area contributed by atoms with Crippen molar-refractivity contribution in [2.24, 2.45) is 0 Å². The zero-order valence-corrected chi connectivity index (χ0v) is 12.5. The molecule has 3 nitrogen and oxygen atoms in total. The second kappa shape index (κ2) is 6.74. The minimum Gasteiger partial charge on any atom is -0.478 e. The Morgan fingerprint density at radius 3 is 2.57 bits per heavy atom. The van der Waals surface area contributed by atoms with Gasteiger partial charge in [0.25, 0.3) is 0 Å². The van der Waals surface area contributed by atoms with Crippen molar-refractivity contribution in [3.63, 3.8) is 0 Å². The van der Waals surface area contributed by atoms with Gasteiger partial charge in [-0.1, -0.05) is 42.5 Å². The highest BCUT2D eigenvalue weighted by Gasteiger charge is 2.21. The van der Waals surface area contributed by atoms with Crippen LogP contribution in [0.15, 0.2) is 48.5 Å². The van der Waals surface area contributed by atoms with Gasteiger partial charge in [0.2, 0.25) is 0 Å². The van der Waals surface area contributed by atoms with Gasteiger partial charge in [-0.2, -0.15) is 0 Å². The van der Waals surface area contributed by atoms with E-state index in [1.54, 1.807) is 6.07 Å². The van der Waals surface area contributed by atoms with E-state index in [-0.39, 0.29) is 12.4 Å². The molecule has 21 heavy (non-hydrogen) atoms. The molecular formula is C17H18ClNO2. The SMILES string of the molecule is Cl.O=C(O)c1cccc2c1CN(Cc1ccccc1)CC2. The van der Waals surface area contributed by atoms with E-state index in [0.29, 0.717) is 12.1 Å². The summed E-state index contributed by atoms with van der Waals surface area (Å²) in [5, 5.41) is 9.30. The zero-order valence-electron chi connectivity index (χ0n) is 11.7. The van der Waals surface area contributed by atoms with Gasteiger partial charge < -0.3 is 5.11 Å². The summed E-state index contributed by atoms with van der Waals surface area (Å²) in [6.07, 6.45) is 0.920. The van der Waals surface area contributed by atoms with Crippen molar-refractivity contribution >= 4 is 18.4 Å². The molecule has 2 aromatic carbocycles. The summed E-state index contributed by atoms with van der Waals surface area (Å²) in [5.41, 5.74) is 3.86. The summed E-state index contributed by atoms with van der Waals surface area (Å²) < 4.78 is 0.